The maximum Gasteiger partial charge on any atom is 0.349 e. The van der Waals surface area contributed by atoms with Gasteiger partial charge in [0, 0.05) is 12.8 Å². The van der Waals surface area contributed by atoms with Gasteiger partial charge < -0.3 is 19.1 Å². The third kappa shape index (κ3) is 4.10. The number of hydrogen-bond acceptors (Lipinski definition) is 6. The van der Waals surface area contributed by atoms with Crippen molar-refractivity contribution in [3.8, 4) is 5.75 Å². The van der Waals surface area contributed by atoms with Crippen molar-refractivity contribution in [1.82, 2.24) is 0 Å². The highest BCUT2D eigenvalue weighted by atomic mass is 32.1. The van der Waals surface area contributed by atoms with Gasteiger partial charge in [0.15, 0.2) is 6.10 Å². The Morgan fingerprint density at radius 2 is 1.75 bits per heavy atom. The molecule has 7 heteroatoms. The second-order valence-corrected chi connectivity index (χ2v) is 10.7. The lowest BCUT2D eigenvalue weighted by Gasteiger charge is -2.34. The van der Waals surface area contributed by atoms with Crippen LogP contribution in [0.15, 0.2) is 65.4 Å². The van der Waals surface area contributed by atoms with Crippen LogP contribution in [0.4, 0.5) is 0 Å². The second-order valence-electron chi connectivity index (χ2n) is 8.83. The Labute approximate surface area is 196 Å². The van der Waals surface area contributed by atoms with E-state index in [-0.39, 0.29) is 6.10 Å². The third-order valence-electron chi connectivity index (χ3n) is 6.79. The first-order valence-corrected chi connectivity index (χ1v) is 12.9. The number of nitrogens with zero attached hydrogens (tertiary/aromatic N) is 1. The van der Waals surface area contributed by atoms with E-state index in [1.54, 1.807) is 12.1 Å². The van der Waals surface area contributed by atoms with E-state index in [2.05, 4.69) is 0 Å². The molecule has 0 aliphatic carbocycles. The van der Waals surface area contributed by atoms with Crippen molar-refractivity contribution < 1.29 is 23.9 Å². The summed E-state index contributed by atoms with van der Waals surface area (Å²) in [6, 6.07) is 17.2. The molecule has 2 bridgehead atoms. The van der Waals surface area contributed by atoms with E-state index in [9.17, 15) is 9.90 Å². The van der Waals surface area contributed by atoms with E-state index in [1.165, 1.54) is 22.7 Å². The summed E-state index contributed by atoms with van der Waals surface area (Å²) < 4.78 is 12.9. The second kappa shape index (κ2) is 8.98. The fourth-order valence-corrected chi connectivity index (χ4v) is 6.88. The molecule has 3 atom stereocenters. The number of fused-ring (bicyclic) bond motifs is 2. The molecule has 3 aromatic rings. The molecule has 168 valence electrons. The number of carbonyl (C=O) groups excluding carboxylic acids is 1. The fourth-order valence-electron chi connectivity index (χ4n) is 5.17. The van der Waals surface area contributed by atoms with E-state index < -0.39 is 11.6 Å². The molecule has 1 N–H and O–H groups in total. The summed E-state index contributed by atoms with van der Waals surface area (Å²) in [7, 11) is 0. The number of para-hydroxylation sites is 1. The molecule has 0 radical (unpaired) electrons. The van der Waals surface area contributed by atoms with E-state index in [1.807, 2.05) is 53.2 Å². The predicted molar refractivity (Wildman–Crippen MR) is 126 cm³/mol. The molecule has 3 unspecified atom stereocenters. The summed E-state index contributed by atoms with van der Waals surface area (Å²) in [5.41, 5.74) is -1.73. The van der Waals surface area contributed by atoms with Gasteiger partial charge in [0.1, 0.15) is 12.3 Å². The molecule has 1 aromatic carbocycles. The van der Waals surface area contributed by atoms with Crippen molar-refractivity contribution in [3.63, 3.8) is 0 Å². The number of benzene rings is 1. The van der Waals surface area contributed by atoms with Gasteiger partial charge in [-0.15, -0.1) is 22.7 Å². The largest absolute Gasteiger partial charge is 0.493 e. The molecule has 5 rings (SSSR count). The van der Waals surface area contributed by atoms with Crippen LogP contribution >= 0.6 is 22.7 Å². The van der Waals surface area contributed by atoms with Crippen molar-refractivity contribution in [2.75, 3.05) is 32.8 Å². The smallest absolute Gasteiger partial charge is 0.349 e. The van der Waals surface area contributed by atoms with Crippen LogP contribution in [0.25, 0.3) is 0 Å². The maximum absolute atomic E-state index is 13.3. The van der Waals surface area contributed by atoms with Crippen LogP contribution in [0.2, 0.25) is 0 Å². The predicted octanol–water partition coefficient (Wildman–Crippen LogP) is 4.28. The van der Waals surface area contributed by atoms with Crippen LogP contribution in [-0.4, -0.2) is 54.4 Å². The van der Waals surface area contributed by atoms with Gasteiger partial charge in [-0.05, 0) is 35.0 Å². The quantitative estimate of drug-likeness (QED) is 0.288. The first-order valence-electron chi connectivity index (χ1n) is 11.1. The van der Waals surface area contributed by atoms with Crippen molar-refractivity contribution >= 4 is 28.6 Å². The zero-order valence-electron chi connectivity index (χ0n) is 17.9. The number of ether oxygens (including phenoxy) is 2. The van der Waals surface area contributed by atoms with E-state index in [4.69, 9.17) is 9.47 Å². The van der Waals surface area contributed by atoms with Gasteiger partial charge in [-0.2, -0.15) is 0 Å². The Morgan fingerprint density at radius 1 is 1.03 bits per heavy atom. The van der Waals surface area contributed by atoms with Crippen LogP contribution < -0.4 is 4.74 Å². The molecule has 4 heterocycles. The van der Waals surface area contributed by atoms with Gasteiger partial charge >= 0.3 is 5.97 Å². The highest BCUT2D eigenvalue weighted by Crippen LogP contribution is 2.41. The first kappa shape index (κ1) is 21.6. The summed E-state index contributed by atoms with van der Waals surface area (Å²) in [5.74, 6) is 0.720. The summed E-state index contributed by atoms with van der Waals surface area (Å²) >= 11 is 2.76. The number of piperidine rings is 1. The SMILES string of the molecule is O=C(OC1C[N+]2(CCCOc3ccccc3)CCC1C2)C(O)(c1cccs1)c1cccs1. The van der Waals surface area contributed by atoms with Crippen LogP contribution in [0.5, 0.6) is 5.75 Å². The zero-order valence-corrected chi connectivity index (χ0v) is 19.5. The fraction of sp³-hybridized carbons (Fsp3) is 0.400. The zero-order chi connectivity index (χ0) is 22.0. The first-order chi connectivity index (χ1) is 15.6. The molecule has 32 heavy (non-hydrogen) atoms. The monoisotopic (exact) mass is 470 g/mol. The Kier molecular flexibility index (Phi) is 6.07. The van der Waals surface area contributed by atoms with Crippen molar-refractivity contribution in [2.24, 2.45) is 5.92 Å². The van der Waals surface area contributed by atoms with E-state index in [0.29, 0.717) is 22.3 Å². The van der Waals surface area contributed by atoms with Crippen molar-refractivity contribution in [1.29, 1.82) is 0 Å². The molecule has 0 saturated carbocycles. The van der Waals surface area contributed by atoms with E-state index in [0.717, 1.165) is 49.3 Å². The third-order valence-corrected chi connectivity index (χ3v) is 8.74. The van der Waals surface area contributed by atoms with Crippen LogP contribution in [0, 0.1) is 5.92 Å². The summed E-state index contributed by atoms with van der Waals surface area (Å²) in [6.07, 6.45) is 1.89. The molecule has 0 amide bonds. The molecule has 2 aliphatic rings. The summed E-state index contributed by atoms with van der Waals surface area (Å²) in [5, 5.41) is 15.3. The lowest BCUT2D eigenvalue weighted by Crippen LogP contribution is -2.49. The Hall–Kier alpha value is -2.19. The molecular weight excluding hydrogens is 442 g/mol. The van der Waals surface area contributed by atoms with E-state index >= 15 is 0 Å². The van der Waals surface area contributed by atoms with Gasteiger partial charge in [-0.1, -0.05) is 30.3 Å². The summed E-state index contributed by atoms with van der Waals surface area (Å²) in [6.45, 7) is 4.71. The summed E-state index contributed by atoms with van der Waals surface area (Å²) in [4.78, 5) is 14.5. The lowest BCUT2D eigenvalue weighted by atomic mass is 9.98. The standard InChI is InChI=1S/C25H28NO4S2/c27-24(25(28,22-9-4-15-31-22)23-10-5-16-32-23)30-21-18-26(13-11-19(21)17-26)12-6-14-29-20-7-2-1-3-8-20/h1-5,7-10,15-16,19,21,28H,6,11-14,17-18H2/q+1. The van der Waals surface area contributed by atoms with Gasteiger partial charge in [0.2, 0.25) is 5.60 Å². The average molecular weight is 471 g/mol. The molecule has 0 spiro atoms. The topological polar surface area (TPSA) is 55.8 Å². The number of carbonyl (C=O) groups is 1. The molecule has 5 nitrogen and oxygen atoms in total. The van der Waals surface area contributed by atoms with Gasteiger partial charge in [-0.3, -0.25) is 0 Å². The lowest BCUT2D eigenvalue weighted by molar-refractivity contribution is -0.910. The minimum absolute atomic E-state index is 0.141. The molecule has 2 fully saturated rings. The highest BCUT2D eigenvalue weighted by Gasteiger charge is 2.54. The molecular formula is C25H28NO4S2+. The average Bonchev–Trinajstić information content (AvgIpc) is 3.61. The highest BCUT2D eigenvalue weighted by molar-refractivity contribution is 7.12. The Balaban J connectivity index is 1.21. The Morgan fingerprint density at radius 3 is 2.41 bits per heavy atom. The van der Waals surface area contributed by atoms with Crippen molar-refractivity contribution in [3.05, 3.63) is 75.1 Å². The minimum atomic E-state index is -1.73. The molecule has 2 aliphatic heterocycles. The maximum atomic E-state index is 13.3. The van der Waals surface area contributed by atoms with Gasteiger partial charge in [0.25, 0.3) is 0 Å². The number of hydrogen-bond donors (Lipinski definition) is 1. The Bertz CT molecular complexity index is 987. The molecule has 2 aromatic heterocycles. The number of quaternary nitrogens is 1. The number of rotatable bonds is 9. The number of thiophene rings is 2. The molecule has 2 saturated heterocycles. The number of esters is 1. The normalized spacial score (nSPS) is 24.5. The van der Waals surface area contributed by atoms with Gasteiger partial charge in [-0.25, -0.2) is 4.79 Å². The van der Waals surface area contributed by atoms with Crippen LogP contribution in [0.3, 0.4) is 0 Å². The van der Waals surface area contributed by atoms with Crippen LogP contribution in [-0.2, 0) is 15.1 Å². The van der Waals surface area contributed by atoms with Gasteiger partial charge in [0.05, 0.1) is 41.9 Å². The van der Waals surface area contributed by atoms with Crippen LogP contribution in [0.1, 0.15) is 22.6 Å². The number of aliphatic hydroxyl groups is 1. The van der Waals surface area contributed by atoms with Crippen molar-refractivity contribution in [2.45, 2.75) is 24.5 Å². The minimum Gasteiger partial charge on any atom is -0.493 e.